The largest absolute Gasteiger partial charge is 0.387 e. The molecule has 0 radical (unpaired) electrons. The molecule has 1 heterocycles. The molecule has 1 aliphatic carbocycles. The van der Waals surface area contributed by atoms with Crippen LogP contribution in [0.5, 0.6) is 0 Å². The Balaban J connectivity index is 1.89. The highest BCUT2D eigenvalue weighted by Gasteiger charge is 2.38. The third kappa shape index (κ3) is 3.33. The molecule has 1 aromatic rings. The van der Waals surface area contributed by atoms with Crippen LogP contribution < -0.4 is 5.32 Å². The van der Waals surface area contributed by atoms with Gasteiger partial charge in [0.15, 0.2) is 0 Å². The topological polar surface area (TPSA) is 50.1 Å². The molecule has 4 nitrogen and oxygen atoms in total. The average Bonchev–Trinajstić information content (AvgIpc) is 2.98. The molecule has 0 spiro atoms. The fourth-order valence-corrected chi connectivity index (χ4v) is 2.58. The van der Waals surface area contributed by atoms with E-state index in [1.165, 1.54) is 12.8 Å². The molecular formula is C14H25N3O. The maximum Gasteiger partial charge on any atom is 0.0944 e. The number of hydrogen-bond donors (Lipinski definition) is 2. The molecule has 18 heavy (non-hydrogen) atoms. The van der Waals surface area contributed by atoms with Crippen molar-refractivity contribution >= 4 is 0 Å². The van der Waals surface area contributed by atoms with Gasteiger partial charge in [0.1, 0.15) is 0 Å². The first-order valence-electron chi connectivity index (χ1n) is 6.78. The molecule has 2 rings (SSSR count). The minimum absolute atomic E-state index is 0.246. The normalized spacial score (nSPS) is 19.8. The lowest BCUT2D eigenvalue weighted by molar-refractivity contribution is 0.148. The zero-order valence-electron chi connectivity index (χ0n) is 11.8. The van der Waals surface area contributed by atoms with Crippen molar-refractivity contribution in [3.63, 3.8) is 0 Å². The summed E-state index contributed by atoms with van der Waals surface area (Å²) >= 11 is 0. The second kappa shape index (κ2) is 5.02. The van der Waals surface area contributed by atoms with Crippen LogP contribution in [0.25, 0.3) is 0 Å². The standard InChI is InChI=1S/C14H25N3O/c1-14(2,3)13(10-5-6-10)15-8-12(18)11-7-16-17(4)9-11/h7,9-10,12-13,15,18H,5-6,8H2,1-4H3. The van der Waals surface area contributed by atoms with Gasteiger partial charge in [0.05, 0.1) is 12.3 Å². The first-order valence-corrected chi connectivity index (χ1v) is 6.78. The quantitative estimate of drug-likeness (QED) is 0.840. The van der Waals surface area contributed by atoms with E-state index < -0.39 is 6.10 Å². The van der Waals surface area contributed by atoms with Gasteiger partial charge in [0.2, 0.25) is 0 Å². The minimum Gasteiger partial charge on any atom is -0.387 e. The first-order chi connectivity index (χ1) is 8.38. The van der Waals surface area contributed by atoms with Crippen molar-refractivity contribution in [1.82, 2.24) is 15.1 Å². The Hall–Kier alpha value is -0.870. The second-order valence-corrected chi connectivity index (χ2v) is 6.55. The molecular weight excluding hydrogens is 226 g/mol. The highest BCUT2D eigenvalue weighted by atomic mass is 16.3. The summed E-state index contributed by atoms with van der Waals surface area (Å²) in [7, 11) is 1.87. The van der Waals surface area contributed by atoms with E-state index in [1.54, 1.807) is 10.9 Å². The summed E-state index contributed by atoms with van der Waals surface area (Å²) in [6, 6.07) is 0.490. The molecule has 4 heteroatoms. The first kappa shape index (κ1) is 13.6. The molecule has 102 valence electrons. The summed E-state index contributed by atoms with van der Waals surface area (Å²) in [6.45, 7) is 7.39. The van der Waals surface area contributed by atoms with Gasteiger partial charge in [0, 0.05) is 31.4 Å². The van der Waals surface area contributed by atoms with Crippen LogP contribution in [-0.2, 0) is 7.05 Å². The number of nitrogens with one attached hydrogen (secondary N) is 1. The fourth-order valence-electron chi connectivity index (χ4n) is 2.58. The molecule has 1 fully saturated rings. The Morgan fingerprint density at radius 3 is 2.61 bits per heavy atom. The third-order valence-corrected chi connectivity index (χ3v) is 3.67. The highest BCUT2D eigenvalue weighted by Crippen LogP contribution is 2.40. The predicted molar refractivity (Wildman–Crippen MR) is 72.1 cm³/mol. The summed E-state index contributed by atoms with van der Waals surface area (Å²) in [4.78, 5) is 0. The van der Waals surface area contributed by atoms with Crippen molar-refractivity contribution < 1.29 is 5.11 Å². The van der Waals surface area contributed by atoms with Crippen molar-refractivity contribution in [3.8, 4) is 0 Å². The van der Waals surface area contributed by atoms with Crippen LogP contribution in [0, 0.1) is 11.3 Å². The van der Waals surface area contributed by atoms with Crippen LogP contribution in [0.3, 0.4) is 0 Å². The van der Waals surface area contributed by atoms with Gasteiger partial charge >= 0.3 is 0 Å². The highest BCUT2D eigenvalue weighted by molar-refractivity contribution is 5.08. The van der Waals surface area contributed by atoms with Crippen molar-refractivity contribution in [2.24, 2.45) is 18.4 Å². The van der Waals surface area contributed by atoms with Crippen LogP contribution in [-0.4, -0.2) is 27.5 Å². The Kier molecular flexibility index (Phi) is 3.78. The Morgan fingerprint density at radius 2 is 2.17 bits per heavy atom. The number of rotatable bonds is 5. The van der Waals surface area contributed by atoms with Crippen molar-refractivity contribution in [3.05, 3.63) is 18.0 Å². The van der Waals surface area contributed by atoms with Gasteiger partial charge in [0.25, 0.3) is 0 Å². The molecule has 0 bridgehead atoms. The smallest absolute Gasteiger partial charge is 0.0944 e. The van der Waals surface area contributed by atoms with Crippen molar-refractivity contribution in [1.29, 1.82) is 0 Å². The van der Waals surface area contributed by atoms with E-state index >= 15 is 0 Å². The zero-order valence-corrected chi connectivity index (χ0v) is 11.8. The number of aliphatic hydroxyl groups is 1. The fraction of sp³-hybridized carbons (Fsp3) is 0.786. The van der Waals surface area contributed by atoms with Gasteiger partial charge in [-0.15, -0.1) is 0 Å². The van der Waals surface area contributed by atoms with Crippen molar-refractivity contribution in [2.75, 3.05) is 6.54 Å². The van der Waals surface area contributed by atoms with Gasteiger partial charge in [-0.1, -0.05) is 20.8 Å². The van der Waals surface area contributed by atoms with E-state index in [1.807, 2.05) is 13.2 Å². The lowest BCUT2D eigenvalue weighted by atomic mass is 9.83. The van der Waals surface area contributed by atoms with Crippen LogP contribution in [0.1, 0.15) is 45.3 Å². The number of aromatic nitrogens is 2. The van der Waals surface area contributed by atoms with E-state index in [4.69, 9.17) is 0 Å². The van der Waals surface area contributed by atoms with E-state index in [9.17, 15) is 5.11 Å². The number of hydrogen-bond acceptors (Lipinski definition) is 3. The maximum absolute atomic E-state index is 10.1. The van der Waals surface area contributed by atoms with Gasteiger partial charge in [-0.3, -0.25) is 4.68 Å². The summed E-state index contributed by atoms with van der Waals surface area (Å²) in [5.41, 5.74) is 1.13. The molecule has 2 atom stereocenters. The van der Waals surface area contributed by atoms with Gasteiger partial charge in [-0.25, -0.2) is 0 Å². The molecule has 1 aromatic heterocycles. The van der Waals surface area contributed by atoms with Crippen LogP contribution in [0.2, 0.25) is 0 Å². The molecule has 1 aliphatic rings. The molecule has 0 aliphatic heterocycles. The predicted octanol–water partition coefficient (Wildman–Crippen LogP) is 1.87. The van der Waals surface area contributed by atoms with Gasteiger partial charge in [-0.2, -0.15) is 5.10 Å². The second-order valence-electron chi connectivity index (χ2n) is 6.55. The summed E-state index contributed by atoms with van der Waals surface area (Å²) in [5, 5.41) is 17.8. The minimum atomic E-state index is -0.470. The lowest BCUT2D eigenvalue weighted by Crippen LogP contribution is -2.43. The van der Waals surface area contributed by atoms with Gasteiger partial charge < -0.3 is 10.4 Å². The monoisotopic (exact) mass is 251 g/mol. The van der Waals surface area contributed by atoms with Crippen LogP contribution in [0.4, 0.5) is 0 Å². The molecule has 0 aromatic carbocycles. The number of aryl methyl sites for hydroxylation is 1. The molecule has 0 saturated heterocycles. The number of aliphatic hydroxyl groups excluding tert-OH is 1. The van der Waals surface area contributed by atoms with E-state index in [-0.39, 0.29) is 5.41 Å². The van der Waals surface area contributed by atoms with Crippen molar-refractivity contribution in [2.45, 2.75) is 45.8 Å². The Morgan fingerprint density at radius 1 is 1.50 bits per heavy atom. The molecule has 2 unspecified atom stereocenters. The van der Waals surface area contributed by atoms with Crippen LogP contribution in [0.15, 0.2) is 12.4 Å². The lowest BCUT2D eigenvalue weighted by Gasteiger charge is -2.32. The van der Waals surface area contributed by atoms with E-state index in [0.717, 1.165) is 11.5 Å². The van der Waals surface area contributed by atoms with E-state index in [2.05, 4.69) is 31.2 Å². The zero-order chi connectivity index (χ0) is 13.3. The summed E-state index contributed by atoms with van der Waals surface area (Å²) in [6.07, 6.45) is 5.77. The Bertz CT molecular complexity index is 390. The van der Waals surface area contributed by atoms with Crippen LogP contribution >= 0.6 is 0 Å². The molecule has 2 N–H and O–H groups in total. The van der Waals surface area contributed by atoms with Gasteiger partial charge in [-0.05, 0) is 24.2 Å². The Labute approximate surface area is 109 Å². The third-order valence-electron chi connectivity index (χ3n) is 3.67. The molecule has 0 amide bonds. The number of nitrogens with zero attached hydrogens (tertiary/aromatic N) is 2. The maximum atomic E-state index is 10.1. The summed E-state index contributed by atoms with van der Waals surface area (Å²) in [5.74, 6) is 0.783. The summed E-state index contributed by atoms with van der Waals surface area (Å²) < 4.78 is 1.72. The SMILES string of the molecule is Cn1cc(C(O)CNC(C2CC2)C(C)(C)C)cn1. The average molecular weight is 251 g/mol. The molecule has 1 saturated carbocycles. The van der Waals surface area contributed by atoms with E-state index in [0.29, 0.717) is 12.6 Å².